The SMILES string of the molecule is C[C@@H]1O[C@H]([C@@H](O)C(N)=O)[C@@H](O)C1O. The molecule has 13 heavy (non-hydrogen) atoms. The molecule has 76 valence electrons. The summed E-state index contributed by atoms with van der Waals surface area (Å²) in [6.45, 7) is 1.53. The molecule has 0 aromatic heterocycles. The van der Waals surface area contributed by atoms with Crippen LogP contribution in [0.4, 0.5) is 0 Å². The summed E-state index contributed by atoms with van der Waals surface area (Å²) in [4.78, 5) is 10.5. The highest BCUT2D eigenvalue weighted by Gasteiger charge is 2.45. The lowest BCUT2D eigenvalue weighted by Gasteiger charge is -2.17. The molecule has 0 bridgehead atoms. The summed E-state index contributed by atoms with van der Waals surface area (Å²) in [5.74, 6) is -0.981. The molecule has 6 nitrogen and oxygen atoms in total. The fraction of sp³-hybridized carbons (Fsp3) is 0.857. The molecule has 1 heterocycles. The van der Waals surface area contributed by atoms with E-state index in [9.17, 15) is 15.0 Å². The van der Waals surface area contributed by atoms with E-state index in [1.54, 1.807) is 0 Å². The topological polar surface area (TPSA) is 113 Å². The lowest BCUT2D eigenvalue weighted by molar-refractivity contribution is -0.137. The summed E-state index contributed by atoms with van der Waals surface area (Å²) in [5.41, 5.74) is 4.81. The van der Waals surface area contributed by atoms with Gasteiger partial charge in [-0.25, -0.2) is 0 Å². The average Bonchev–Trinajstić information content (AvgIpc) is 2.31. The van der Waals surface area contributed by atoms with Crippen LogP contribution in [0.2, 0.25) is 0 Å². The van der Waals surface area contributed by atoms with E-state index in [1.807, 2.05) is 0 Å². The van der Waals surface area contributed by atoms with Gasteiger partial charge < -0.3 is 25.8 Å². The number of primary amides is 1. The second-order valence-electron chi connectivity index (χ2n) is 3.13. The van der Waals surface area contributed by atoms with E-state index < -0.39 is 36.4 Å². The minimum atomic E-state index is -1.59. The number of carbonyl (C=O) groups is 1. The van der Waals surface area contributed by atoms with Gasteiger partial charge in [-0.05, 0) is 6.92 Å². The van der Waals surface area contributed by atoms with Crippen molar-refractivity contribution in [2.75, 3.05) is 0 Å². The molecule has 0 aliphatic carbocycles. The van der Waals surface area contributed by atoms with Gasteiger partial charge in [-0.2, -0.15) is 0 Å². The Morgan fingerprint density at radius 2 is 2.00 bits per heavy atom. The van der Waals surface area contributed by atoms with Gasteiger partial charge in [-0.15, -0.1) is 0 Å². The molecule has 0 spiro atoms. The highest BCUT2D eigenvalue weighted by Crippen LogP contribution is 2.23. The van der Waals surface area contributed by atoms with Crippen LogP contribution in [0.5, 0.6) is 0 Å². The van der Waals surface area contributed by atoms with Crippen LogP contribution < -0.4 is 5.73 Å². The molecular weight excluding hydrogens is 178 g/mol. The van der Waals surface area contributed by atoms with Crippen molar-refractivity contribution in [1.29, 1.82) is 0 Å². The van der Waals surface area contributed by atoms with Crippen molar-refractivity contribution >= 4 is 5.91 Å². The van der Waals surface area contributed by atoms with Crippen LogP contribution in [-0.2, 0) is 9.53 Å². The molecule has 5 atom stereocenters. The summed E-state index contributed by atoms with van der Waals surface area (Å²) in [5, 5.41) is 27.7. The molecule has 0 saturated carbocycles. The van der Waals surface area contributed by atoms with E-state index >= 15 is 0 Å². The maximum Gasteiger partial charge on any atom is 0.249 e. The monoisotopic (exact) mass is 191 g/mol. The Labute approximate surface area is 74.9 Å². The van der Waals surface area contributed by atoms with E-state index in [-0.39, 0.29) is 0 Å². The number of nitrogens with two attached hydrogens (primary N) is 1. The van der Waals surface area contributed by atoms with Crippen molar-refractivity contribution in [3.63, 3.8) is 0 Å². The van der Waals surface area contributed by atoms with Crippen LogP contribution >= 0.6 is 0 Å². The summed E-state index contributed by atoms with van der Waals surface area (Å²) < 4.78 is 4.96. The zero-order valence-corrected chi connectivity index (χ0v) is 7.12. The molecule has 5 N–H and O–H groups in total. The number of hydrogen-bond donors (Lipinski definition) is 4. The van der Waals surface area contributed by atoms with Gasteiger partial charge in [-0.3, -0.25) is 4.79 Å². The van der Waals surface area contributed by atoms with E-state index in [1.165, 1.54) is 6.92 Å². The van der Waals surface area contributed by atoms with Crippen molar-refractivity contribution in [2.45, 2.75) is 37.4 Å². The smallest absolute Gasteiger partial charge is 0.249 e. The average molecular weight is 191 g/mol. The quantitative estimate of drug-likeness (QED) is 0.380. The van der Waals surface area contributed by atoms with Crippen molar-refractivity contribution in [3.05, 3.63) is 0 Å². The Morgan fingerprint density at radius 3 is 2.31 bits per heavy atom. The minimum absolute atomic E-state index is 0.617. The zero-order valence-electron chi connectivity index (χ0n) is 7.12. The molecule has 1 rings (SSSR count). The molecule has 0 aromatic carbocycles. The number of aliphatic hydroxyl groups excluding tert-OH is 3. The standard InChI is InChI=1S/C7H13NO5/c1-2-3(9)4(10)6(13-2)5(11)7(8)12/h2-6,9-11H,1H3,(H2,8,12)/t2-,3?,4-,5+,6-/m0/s1. The molecule has 1 aliphatic rings. The number of amides is 1. The van der Waals surface area contributed by atoms with Gasteiger partial charge in [0.05, 0.1) is 6.10 Å². The lowest BCUT2D eigenvalue weighted by Crippen LogP contribution is -2.45. The van der Waals surface area contributed by atoms with Crippen LogP contribution in [0.25, 0.3) is 0 Å². The second kappa shape index (κ2) is 3.59. The predicted molar refractivity (Wildman–Crippen MR) is 41.5 cm³/mol. The number of carbonyl (C=O) groups excluding carboxylic acids is 1. The van der Waals surface area contributed by atoms with Crippen LogP contribution in [0, 0.1) is 0 Å². The maximum atomic E-state index is 10.5. The van der Waals surface area contributed by atoms with Gasteiger partial charge in [0.25, 0.3) is 0 Å². The fourth-order valence-electron chi connectivity index (χ4n) is 1.30. The van der Waals surface area contributed by atoms with Gasteiger partial charge in [0, 0.05) is 0 Å². The molecular formula is C7H13NO5. The summed E-state index contributed by atoms with van der Waals surface area (Å²) >= 11 is 0. The fourth-order valence-corrected chi connectivity index (χ4v) is 1.30. The molecule has 1 unspecified atom stereocenters. The number of ether oxygens (including phenoxy) is 1. The van der Waals surface area contributed by atoms with E-state index in [2.05, 4.69) is 0 Å². The van der Waals surface area contributed by atoms with Gasteiger partial charge in [0.1, 0.15) is 18.3 Å². The molecule has 0 radical (unpaired) electrons. The second-order valence-corrected chi connectivity index (χ2v) is 3.13. The third-order valence-corrected chi connectivity index (χ3v) is 2.14. The maximum absolute atomic E-state index is 10.5. The first-order valence-electron chi connectivity index (χ1n) is 3.94. The zero-order chi connectivity index (χ0) is 10.2. The first kappa shape index (κ1) is 10.4. The first-order chi connectivity index (χ1) is 5.95. The van der Waals surface area contributed by atoms with Crippen LogP contribution in [-0.4, -0.2) is 51.7 Å². The van der Waals surface area contributed by atoms with E-state index in [0.717, 1.165) is 0 Å². The van der Waals surface area contributed by atoms with Crippen molar-refractivity contribution in [2.24, 2.45) is 5.73 Å². The summed E-state index contributed by atoms with van der Waals surface area (Å²) in [6, 6.07) is 0. The Morgan fingerprint density at radius 1 is 1.46 bits per heavy atom. The van der Waals surface area contributed by atoms with E-state index in [0.29, 0.717) is 0 Å². The predicted octanol–water partition coefficient (Wildman–Crippen LogP) is -2.66. The van der Waals surface area contributed by atoms with Gasteiger partial charge >= 0.3 is 0 Å². The Hall–Kier alpha value is -0.690. The van der Waals surface area contributed by atoms with Crippen LogP contribution in [0.1, 0.15) is 6.92 Å². The van der Waals surface area contributed by atoms with Crippen molar-refractivity contribution in [1.82, 2.24) is 0 Å². The van der Waals surface area contributed by atoms with Crippen LogP contribution in [0.3, 0.4) is 0 Å². The highest BCUT2D eigenvalue weighted by atomic mass is 16.6. The normalized spacial score (nSPS) is 41.8. The summed E-state index contributed by atoms with van der Waals surface area (Å²) in [7, 11) is 0. The largest absolute Gasteiger partial charge is 0.388 e. The minimum Gasteiger partial charge on any atom is -0.388 e. The number of aliphatic hydroxyl groups is 3. The first-order valence-corrected chi connectivity index (χ1v) is 3.94. The summed E-state index contributed by atoms with van der Waals surface area (Å²) in [6.07, 6.45) is -5.72. The third kappa shape index (κ3) is 1.80. The molecule has 1 fully saturated rings. The van der Waals surface area contributed by atoms with Crippen LogP contribution in [0.15, 0.2) is 0 Å². The number of hydrogen-bond acceptors (Lipinski definition) is 5. The lowest BCUT2D eigenvalue weighted by atomic mass is 10.0. The van der Waals surface area contributed by atoms with Gasteiger partial charge in [0.15, 0.2) is 6.10 Å². The van der Waals surface area contributed by atoms with Gasteiger partial charge in [0.2, 0.25) is 5.91 Å². The Kier molecular flexibility index (Phi) is 2.87. The molecule has 1 amide bonds. The molecule has 0 aromatic rings. The number of rotatable bonds is 2. The van der Waals surface area contributed by atoms with Crippen molar-refractivity contribution in [3.8, 4) is 0 Å². The molecule has 1 aliphatic heterocycles. The third-order valence-electron chi connectivity index (χ3n) is 2.14. The Balaban J connectivity index is 2.68. The molecule has 6 heteroatoms. The molecule has 1 saturated heterocycles. The van der Waals surface area contributed by atoms with E-state index in [4.69, 9.17) is 15.6 Å². The Bertz CT molecular complexity index is 209. The highest BCUT2D eigenvalue weighted by molar-refractivity contribution is 5.79. The van der Waals surface area contributed by atoms with Crippen molar-refractivity contribution < 1.29 is 24.9 Å². The van der Waals surface area contributed by atoms with Gasteiger partial charge in [-0.1, -0.05) is 0 Å².